The SMILES string of the molecule is COc1ccccc1OCCN1CCN(c2c(Cl)cnn(Cn3ncc(Cl)c(N4CCN(CCOc5ccccc5OC)CC4)c3=O)c2=O)CC1. The van der Waals surface area contributed by atoms with Gasteiger partial charge < -0.3 is 28.7 Å². The molecule has 16 heteroatoms. The number of hydrogen-bond donors (Lipinski definition) is 0. The van der Waals surface area contributed by atoms with E-state index in [9.17, 15) is 9.59 Å². The fourth-order valence-electron chi connectivity index (χ4n) is 6.25. The Morgan fingerprint density at radius 3 is 1.33 bits per heavy atom. The highest BCUT2D eigenvalue weighted by Gasteiger charge is 2.25. The smallest absolute Gasteiger partial charge is 0.293 e. The Hall–Kier alpha value is -4.50. The summed E-state index contributed by atoms with van der Waals surface area (Å²) in [7, 11) is 3.24. The predicted octanol–water partition coefficient (Wildman–Crippen LogP) is 3.03. The molecule has 51 heavy (non-hydrogen) atoms. The van der Waals surface area contributed by atoms with Gasteiger partial charge in [-0.2, -0.15) is 10.2 Å². The highest BCUT2D eigenvalue weighted by Crippen LogP contribution is 2.27. The zero-order valence-corrected chi connectivity index (χ0v) is 30.3. The van der Waals surface area contributed by atoms with Gasteiger partial charge in [-0.25, -0.2) is 9.36 Å². The lowest BCUT2D eigenvalue weighted by atomic mass is 10.2. The molecular weight excluding hydrogens is 699 g/mol. The van der Waals surface area contributed by atoms with E-state index in [0.717, 1.165) is 39.3 Å². The number of nitrogens with zero attached hydrogens (tertiary/aromatic N) is 8. The molecule has 2 fully saturated rings. The molecule has 0 unspecified atom stereocenters. The molecule has 0 saturated carbocycles. The molecule has 0 spiro atoms. The second kappa shape index (κ2) is 17.1. The monoisotopic (exact) mass is 740 g/mol. The fourth-order valence-corrected chi connectivity index (χ4v) is 6.74. The van der Waals surface area contributed by atoms with Crippen molar-refractivity contribution in [1.29, 1.82) is 0 Å². The fraction of sp³-hybridized carbons (Fsp3) is 0.429. The maximum absolute atomic E-state index is 13.7. The van der Waals surface area contributed by atoms with Gasteiger partial charge in [0.1, 0.15) is 31.3 Å². The van der Waals surface area contributed by atoms with Crippen LogP contribution in [-0.2, 0) is 6.67 Å². The van der Waals surface area contributed by atoms with Crippen molar-refractivity contribution < 1.29 is 18.9 Å². The number of piperazine rings is 2. The van der Waals surface area contributed by atoms with Crippen LogP contribution in [0.2, 0.25) is 10.0 Å². The average Bonchev–Trinajstić information content (AvgIpc) is 3.15. The van der Waals surface area contributed by atoms with Crippen molar-refractivity contribution in [2.45, 2.75) is 6.67 Å². The van der Waals surface area contributed by atoms with Gasteiger partial charge in [0.25, 0.3) is 11.1 Å². The molecule has 0 atom stereocenters. The molecule has 2 aliphatic heterocycles. The third-order valence-electron chi connectivity index (χ3n) is 9.06. The van der Waals surface area contributed by atoms with Crippen molar-refractivity contribution >= 4 is 34.6 Å². The summed E-state index contributed by atoms with van der Waals surface area (Å²) >= 11 is 13.1. The summed E-state index contributed by atoms with van der Waals surface area (Å²) < 4.78 is 25.0. The molecular formula is C35H42Cl2N8O6. The van der Waals surface area contributed by atoms with Gasteiger partial charge >= 0.3 is 0 Å². The normalized spacial score (nSPS) is 15.5. The van der Waals surface area contributed by atoms with Gasteiger partial charge in [0.15, 0.2) is 23.0 Å². The molecule has 0 amide bonds. The quantitative estimate of drug-likeness (QED) is 0.189. The van der Waals surface area contributed by atoms with Crippen LogP contribution >= 0.6 is 23.2 Å². The first-order valence-corrected chi connectivity index (χ1v) is 17.6. The third-order valence-corrected chi connectivity index (χ3v) is 9.61. The minimum absolute atomic E-state index is 0.188. The molecule has 2 aliphatic rings. The van der Waals surface area contributed by atoms with E-state index >= 15 is 0 Å². The molecule has 2 aromatic heterocycles. The van der Waals surface area contributed by atoms with Crippen molar-refractivity contribution in [3.8, 4) is 23.0 Å². The van der Waals surface area contributed by atoms with Gasteiger partial charge in [0.05, 0.1) is 36.7 Å². The number of ether oxygens (including phenoxy) is 4. The number of rotatable bonds is 14. The van der Waals surface area contributed by atoms with Crippen molar-refractivity contribution in [3.05, 3.63) is 91.7 Å². The first kappa shape index (κ1) is 36.3. The predicted molar refractivity (Wildman–Crippen MR) is 197 cm³/mol. The topological polar surface area (TPSA) is 120 Å². The highest BCUT2D eigenvalue weighted by atomic mass is 35.5. The lowest BCUT2D eigenvalue weighted by Gasteiger charge is -2.36. The average molecular weight is 742 g/mol. The van der Waals surface area contributed by atoms with Crippen molar-refractivity contribution in [1.82, 2.24) is 29.4 Å². The molecule has 0 radical (unpaired) electrons. The summed E-state index contributed by atoms with van der Waals surface area (Å²) in [6.07, 6.45) is 2.87. The molecule has 2 aromatic carbocycles. The van der Waals surface area contributed by atoms with Crippen molar-refractivity contribution in [3.63, 3.8) is 0 Å². The van der Waals surface area contributed by atoms with Gasteiger partial charge in [-0.15, -0.1) is 0 Å². The molecule has 4 heterocycles. The summed E-state index contributed by atoms with van der Waals surface area (Å²) in [5.74, 6) is 2.79. The standard InChI is InChI=1S/C35H42Cl2N8O6/c1-48-28-7-3-5-9-30(28)50-21-19-40-11-15-42(16-12-40)32-26(36)23-38-44(34(32)46)25-45-35(47)33(27(37)24-39-45)43-17-13-41(14-18-43)20-22-51-31-10-6-4-8-29(31)49-2/h3-10,23-24H,11-22,25H2,1-2H3. The zero-order valence-electron chi connectivity index (χ0n) is 28.7. The Bertz CT molecular complexity index is 1760. The first-order chi connectivity index (χ1) is 24.9. The van der Waals surface area contributed by atoms with Gasteiger partial charge in [0.2, 0.25) is 0 Å². The second-order valence-corrected chi connectivity index (χ2v) is 12.9. The van der Waals surface area contributed by atoms with Crippen molar-refractivity contribution in [2.75, 3.05) is 103 Å². The number of hydrogen-bond acceptors (Lipinski definition) is 12. The Balaban J connectivity index is 1.04. The van der Waals surface area contributed by atoms with Gasteiger partial charge in [-0.05, 0) is 24.3 Å². The zero-order chi connectivity index (χ0) is 35.7. The summed E-state index contributed by atoms with van der Waals surface area (Å²) in [4.78, 5) is 35.9. The van der Waals surface area contributed by atoms with Crippen LogP contribution in [0, 0.1) is 0 Å². The van der Waals surface area contributed by atoms with Crippen molar-refractivity contribution in [2.24, 2.45) is 0 Å². The maximum Gasteiger partial charge on any atom is 0.293 e. The van der Waals surface area contributed by atoms with E-state index < -0.39 is 11.1 Å². The number of halogens is 2. The van der Waals surface area contributed by atoms with E-state index in [-0.39, 0.29) is 16.7 Å². The van der Waals surface area contributed by atoms with Gasteiger partial charge in [-0.1, -0.05) is 47.5 Å². The minimum atomic E-state index is -0.399. The molecule has 14 nitrogen and oxygen atoms in total. The molecule has 0 bridgehead atoms. The van der Waals surface area contributed by atoms with Crippen LogP contribution in [0.3, 0.4) is 0 Å². The van der Waals surface area contributed by atoms with Crippen LogP contribution in [0.25, 0.3) is 0 Å². The number of para-hydroxylation sites is 4. The summed E-state index contributed by atoms with van der Waals surface area (Å²) in [6.45, 7) is 7.51. The Morgan fingerprint density at radius 1 is 0.588 bits per heavy atom. The highest BCUT2D eigenvalue weighted by molar-refractivity contribution is 6.33. The third kappa shape index (κ3) is 8.70. The number of anilines is 2. The lowest BCUT2D eigenvalue weighted by molar-refractivity contribution is 0.196. The summed E-state index contributed by atoms with van der Waals surface area (Å²) in [6, 6.07) is 15.1. The molecule has 0 N–H and O–H groups in total. The van der Waals surface area contributed by atoms with E-state index in [4.69, 9.17) is 42.1 Å². The summed E-state index contributed by atoms with van der Waals surface area (Å²) in [5.41, 5.74) is -0.0940. The van der Waals surface area contributed by atoms with E-state index in [2.05, 4.69) is 20.0 Å². The van der Waals surface area contributed by atoms with Crippen LogP contribution in [0.5, 0.6) is 23.0 Å². The molecule has 272 valence electrons. The van der Waals surface area contributed by atoms with Crippen LogP contribution in [0.15, 0.2) is 70.5 Å². The molecule has 6 rings (SSSR count). The van der Waals surface area contributed by atoms with E-state index in [1.807, 2.05) is 58.3 Å². The molecule has 2 saturated heterocycles. The van der Waals surface area contributed by atoms with Crippen LogP contribution in [-0.4, -0.2) is 122 Å². The van der Waals surface area contributed by atoms with E-state index in [1.165, 1.54) is 21.8 Å². The number of benzene rings is 2. The largest absolute Gasteiger partial charge is 0.493 e. The van der Waals surface area contributed by atoms with Crippen LogP contribution in [0.4, 0.5) is 11.4 Å². The van der Waals surface area contributed by atoms with Crippen LogP contribution < -0.4 is 39.9 Å². The Kier molecular flexibility index (Phi) is 12.2. The minimum Gasteiger partial charge on any atom is -0.493 e. The van der Waals surface area contributed by atoms with Gasteiger partial charge in [-0.3, -0.25) is 19.4 Å². The first-order valence-electron chi connectivity index (χ1n) is 16.8. The lowest BCUT2D eigenvalue weighted by Crippen LogP contribution is -2.50. The van der Waals surface area contributed by atoms with Crippen LogP contribution in [0.1, 0.15) is 0 Å². The van der Waals surface area contributed by atoms with E-state index in [1.54, 1.807) is 14.2 Å². The maximum atomic E-state index is 13.7. The molecule has 0 aliphatic carbocycles. The number of aromatic nitrogens is 4. The molecule has 4 aromatic rings. The Labute approximate surface area is 306 Å². The number of methoxy groups -OCH3 is 2. The Morgan fingerprint density at radius 2 is 0.961 bits per heavy atom. The van der Waals surface area contributed by atoms with E-state index in [0.29, 0.717) is 73.8 Å². The summed E-state index contributed by atoms with van der Waals surface area (Å²) in [5, 5.41) is 8.99. The van der Waals surface area contributed by atoms with Gasteiger partial charge in [0, 0.05) is 65.4 Å². The second-order valence-electron chi connectivity index (χ2n) is 12.1.